The molecule has 0 bridgehead atoms. The molecule has 1 unspecified atom stereocenters. The van der Waals surface area contributed by atoms with Crippen LogP contribution in [0.2, 0.25) is 6.04 Å². The maximum atomic E-state index is 12.4. The predicted octanol–water partition coefficient (Wildman–Crippen LogP) is 1.21. The lowest BCUT2D eigenvalue weighted by Gasteiger charge is -2.39. The third kappa shape index (κ3) is 13.3. The number of carbonyl (C=O) groups is 4. The van der Waals surface area contributed by atoms with Crippen molar-refractivity contribution in [1.82, 2.24) is 20.4 Å². The maximum absolute atomic E-state index is 12.4. The topological polar surface area (TPSA) is 184 Å². The lowest BCUT2D eigenvalue weighted by Crippen LogP contribution is -2.65. The number of amides is 6. The third-order valence-electron chi connectivity index (χ3n) is 5.70. The number of rotatable bonds is 23. The average Bonchev–Trinajstić information content (AvgIpc) is 2.89. The first-order valence-corrected chi connectivity index (χ1v) is 18.2. The number of nitrogens with zero attached hydrogens (tertiary/aromatic N) is 2. The van der Waals surface area contributed by atoms with Gasteiger partial charge in [0.1, 0.15) is 0 Å². The van der Waals surface area contributed by atoms with Gasteiger partial charge in [0, 0.05) is 81.6 Å². The number of hydrogen-bond acceptors (Lipinski definition) is 11. The minimum Gasteiger partial charge on any atom is -0.748 e. The molecule has 1 aliphatic rings. The van der Waals surface area contributed by atoms with E-state index >= 15 is 0 Å². The summed E-state index contributed by atoms with van der Waals surface area (Å²) < 4.78 is 49.1. The second-order valence-electron chi connectivity index (χ2n) is 8.94. The zero-order chi connectivity index (χ0) is 30.2. The first-order chi connectivity index (χ1) is 18.9. The number of nitrogens with one attached hydrogen (secondary N) is 2. The molecule has 0 aromatic rings. The molecule has 1 saturated heterocycles. The maximum Gasteiger partial charge on any atom is 0.500 e. The molecule has 0 saturated carbocycles. The lowest BCUT2D eigenvalue weighted by atomic mass is 10.2. The summed E-state index contributed by atoms with van der Waals surface area (Å²) in [7, 11) is -7.14. The highest BCUT2D eigenvalue weighted by Crippen LogP contribution is 2.22. The molecule has 1 heterocycles. The van der Waals surface area contributed by atoms with Gasteiger partial charge in [-0.15, -0.1) is 0 Å². The van der Waals surface area contributed by atoms with Crippen molar-refractivity contribution in [2.45, 2.75) is 53.0 Å². The smallest absolute Gasteiger partial charge is 0.500 e. The zero-order valence-corrected chi connectivity index (χ0v) is 26.4. The van der Waals surface area contributed by atoms with E-state index in [1.165, 1.54) is 11.8 Å². The number of carbonyl (C=O) groups excluding carboxylic acids is 4. The van der Waals surface area contributed by atoms with Crippen molar-refractivity contribution < 1.29 is 45.4 Å². The van der Waals surface area contributed by atoms with Crippen LogP contribution in [0.25, 0.3) is 0 Å². The van der Waals surface area contributed by atoms with Crippen LogP contribution in [0.5, 0.6) is 0 Å². The Morgan fingerprint density at radius 2 is 1.52 bits per heavy atom. The molecule has 0 aromatic heterocycles. The average molecular weight is 628 g/mol. The van der Waals surface area contributed by atoms with Gasteiger partial charge in [-0.05, 0) is 33.6 Å². The Hall–Kier alpha value is -1.76. The van der Waals surface area contributed by atoms with Crippen LogP contribution in [-0.2, 0) is 33.0 Å². The molecular weight excluding hydrogens is 584 g/mol. The van der Waals surface area contributed by atoms with E-state index in [-0.39, 0.29) is 56.8 Å². The van der Waals surface area contributed by atoms with Gasteiger partial charge in [-0.3, -0.25) is 9.59 Å². The fourth-order valence-electron chi connectivity index (χ4n) is 3.78. The highest BCUT2D eigenvalue weighted by molar-refractivity contribution is 7.99. The van der Waals surface area contributed by atoms with Crippen molar-refractivity contribution in [3.8, 4) is 0 Å². The van der Waals surface area contributed by atoms with Crippen LogP contribution in [0.4, 0.5) is 9.59 Å². The van der Waals surface area contributed by atoms with Gasteiger partial charge >= 0.3 is 20.9 Å². The van der Waals surface area contributed by atoms with E-state index in [1.54, 1.807) is 6.92 Å². The monoisotopic (exact) mass is 627 g/mol. The second kappa shape index (κ2) is 18.6. The zero-order valence-electron chi connectivity index (χ0n) is 23.8. The molecule has 0 aromatic carbocycles. The van der Waals surface area contributed by atoms with E-state index < -0.39 is 36.7 Å². The third-order valence-corrected chi connectivity index (χ3v) is 10.9. The van der Waals surface area contributed by atoms with E-state index in [4.69, 9.17) is 13.3 Å². The first kappa shape index (κ1) is 36.3. The van der Waals surface area contributed by atoms with Gasteiger partial charge in [0.15, 0.2) is 0 Å². The molecule has 0 spiro atoms. The minimum absolute atomic E-state index is 0.0592. The summed E-state index contributed by atoms with van der Waals surface area (Å²) in [4.78, 5) is 51.1. The molecular formula is C23H43N4O10S2Si-. The van der Waals surface area contributed by atoms with Gasteiger partial charge in [0.2, 0.25) is 11.8 Å². The molecule has 0 radical (unpaired) electrons. The molecule has 1 fully saturated rings. The molecule has 17 heteroatoms. The number of urea groups is 2. The predicted molar refractivity (Wildman–Crippen MR) is 151 cm³/mol. The first-order valence-electron chi connectivity index (χ1n) is 13.5. The van der Waals surface area contributed by atoms with Crippen LogP contribution >= 0.6 is 11.8 Å². The second-order valence-corrected chi connectivity index (χ2v) is 14.3. The SMILES string of the molecule is CCO[Si](CCCN1C(=O)N(CCNC(=O)CCSCC(C)C(=O)NCCCS(=O)(=O)[O-])C1=O)(OCC)OCC. The number of thioether (sulfide) groups is 1. The summed E-state index contributed by atoms with van der Waals surface area (Å²) in [5, 5.41) is 5.27. The van der Waals surface area contributed by atoms with Crippen molar-refractivity contribution in [1.29, 1.82) is 0 Å². The molecule has 2 N–H and O–H groups in total. The molecule has 1 atom stereocenters. The van der Waals surface area contributed by atoms with Gasteiger partial charge in [-0.1, -0.05) is 6.92 Å². The fraction of sp³-hybridized carbons (Fsp3) is 0.826. The summed E-state index contributed by atoms with van der Waals surface area (Å²) >= 11 is 1.42. The van der Waals surface area contributed by atoms with Crippen LogP contribution in [0, 0.1) is 5.92 Å². The molecule has 6 amide bonds. The van der Waals surface area contributed by atoms with Gasteiger partial charge in [-0.25, -0.2) is 27.8 Å². The summed E-state index contributed by atoms with van der Waals surface area (Å²) in [5.41, 5.74) is 0. The quantitative estimate of drug-likeness (QED) is 0.0943. The minimum atomic E-state index is -4.29. The molecule has 232 valence electrons. The van der Waals surface area contributed by atoms with Crippen LogP contribution in [0.15, 0.2) is 0 Å². The van der Waals surface area contributed by atoms with Gasteiger partial charge in [0.05, 0.1) is 10.1 Å². The van der Waals surface area contributed by atoms with E-state index in [0.29, 0.717) is 43.8 Å². The molecule has 0 aliphatic carbocycles. The lowest BCUT2D eigenvalue weighted by molar-refractivity contribution is -0.123. The van der Waals surface area contributed by atoms with E-state index in [0.717, 1.165) is 9.80 Å². The Bertz CT molecular complexity index is 908. The Balaban J connectivity index is 2.23. The highest BCUT2D eigenvalue weighted by Gasteiger charge is 2.45. The van der Waals surface area contributed by atoms with Crippen LogP contribution in [0.1, 0.15) is 47.0 Å². The number of imide groups is 2. The van der Waals surface area contributed by atoms with E-state index in [1.807, 2.05) is 20.8 Å². The van der Waals surface area contributed by atoms with Crippen molar-refractivity contribution in [3.63, 3.8) is 0 Å². The van der Waals surface area contributed by atoms with Crippen molar-refractivity contribution in [3.05, 3.63) is 0 Å². The van der Waals surface area contributed by atoms with Crippen molar-refractivity contribution >= 4 is 54.6 Å². The molecule has 1 rings (SSSR count). The summed E-state index contributed by atoms with van der Waals surface area (Å²) in [6, 6.07) is -0.326. The Morgan fingerprint density at radius 3 is 2.08 bits per heavy atom. The summed E-state index contributed by atoms with van der Waals surface area (Å²) in [5.74, 6) is -0.412. The summed E-state index contributed by atoms with van der Waals surface area (Å²) in [6.07, 6.45) is 0.765. The van der Waals surface area contributed by atoms with E-state index in [9.17, 15) is 32.1 Å². The van der Waals surface area contributed by atoms with E-state index in [2.05, 4.69) is 10.6 Å². The van der Waals surface area contributed by atoms with Crippen LogP contribution in [-0.4, -0.2) is 119 Å². The van der Waals surface area contributed by atoms with Gasteiger partial charge in [0.25, 0.3) is 0 Å². The number of hydrogen-bond donors (Lipinski definition) is 2. The normalized spacial score (nSPS) is 14.7. The van der Waals surface area contributed by atoms with Gasteiger partial charge < -0.3 is 28.5 Å². The Labute approximate surface area is 242 Å². The standard InChI is InChI=1S/C23H44N4O10S2Si/c1-5-35-40(36-6-2,37-7-3)17-9-13-26-22(30)27(23(26)31)14-12-24-20(28)10-15-38-18-19(4)21(29)25-11-8-16-39(32,33)34/h19H,5-18H2,1-4H3,(H,24,28)(H,25,29)(H,32,33,34)/p-1. The fourth-order valence-corrected chi connectivity index (χ4v) is 7.87. The van der Waals surface area contributed by atoms with Gasteiger partial charge in [-0.2, -0.15) is 11.8 Å². The van der Waals surface area contributed by atoms with Crippen molar-refractivity contribution in [2.24, 2.45) is 5.92 Å². The Kier molecular flexibility index (Phi) is 16.9. The summed E-state index contributed by atoms with van der Waals surface area (Å²) in [6.45, 7) is 9.21. The largest absolute Gasteiger partial charge is 0.748 e. The molecule has 14 nitrogen and oxygen atoms in total. The van der Waals surface area contributed by atoms with Crippen LogP contribution < -0.4 is 10.6 Å². The highest BCUT2D eigenvalue weighted by atomic mass is 32.2. The molecule has 40 heavy (non-hydrogen) atoms. The van der Waals surface area contributed by atoms with Crippen LogP contribution in [0.3, 0.4) is 0 Å². The van der Waals surface area contributed by atoms with Crippen molar-refractivity contribution in [2.75, 3.05) is 63.3 Å². The Morgan fingerprint density at radius 1 is 0.950 bits per heavy atom. The molecule has 1 aliphatic heterocycles.